The van der Waals surface area contributed by atoms with E-state index in [-0.39, 0.29) is 88.1 Å². The Kier molecular flexibility index (Phi) is 37.7. The third-order valence-corrected chi connectivity index (χ3v) is 13.9. The molecule has 5 aliphatic rings. The summed E-state index contributed by atoms with van der Waals surface area (Å²) < 4.78 is 119. The molecule has 5 fully saturated rings. The molecule has 0 aliphatic carbocycles. The van der Waals surface area contributed by atoms with Crippen LogP contribution in [0.25, 0.3) is 0 Å². The predicted octanol–water partition coefficient (Wildman–Crippen LogP) is -5.25. The van der Waals surface area contributed by atoms with Gasteiger partial charge in [0, 0.05) is 45.8 Å². The van der Waals surface area contributed by atoms with E-state index in [9.17, 15) is 82.3 Å². The van der Waals surface area contributed by atoms with Crippen molar-refractivity contribution in [2.24, 2.45) is 11.5 Å². The molecule has 5 rings (SSSR count). The summed E-state index contributed by atoms with van der Waals surface area (Å²) in [7, 11) is -5.61. The van der Waals surface area contributed by atoms with Crippen LogP contribution in [0.15, 0.2) is 0 Å². The number of rotatable bonds is 24. The average molecular weight is 1320 g/mol. The maximum atomic E-state index is 11.1. The Morgan fingerprint density at radius 1 is 0.437 bits per heavy atom. The number of nitrogens with two attached hydrogens (primary N) is 2. The number of aliphatic hydroxyl groups excluding tert-OH is 10. The second-order valence-electron chi connectivity index (χ2n) is 21.4. The smallest absolute Gasteiger partial charge is 0.404 e. The standard InChI is InChI=1S/C11H21NO5.C10H21NO7S.C10H19NO6.C9H19NO7S.C9H17NO6/c1-6(2)16-11-10(15)9(14)4-8(17-11)5-12-7(3)13;1-6(2)17-10-9(13)8(12)4-7(18-10)5-11-19(14,15)16-3;1-5(2)16-9-8(13)7(12)3-6(17-9)4-15-10(11)14;1-5(2)16-9-8(12)7(11)6(17-9)4-10-18(13,14)15-3;1-4(2)15-8-7(12)6(11)5(16-8)3-14-9(10)13/h6,8-11,14-15H,4-5H2,1-3H3,(H,12,13);6-13H,4-5H2,1-3H3;5-9,12-13H,3-4H2,1-2H3,(H2,11,14);5-12H,4H2,1-3H3;4-8,11-12H,3H2,1-2H3,(H2,10,13)/t8-,9+,10+,11+;7-,8+,9+,10+;6-,7+,8+,9+;6-,7-,8-,9-;5-,6-,7-,8-/m00011/s1. The summed E-state index contributed by atoms with van der Waals surface area (Å²) in [5, 5.41) is 99.1. The van der Waals surface area contributed by atoms with Crippen LogP contribution in [0, 0.1) is 0 Å². The summed E-state index contributed by atoms with van der Waals surface area (Å²) in [4.78, 5) is 31.6. The van der Waals surface area contributed by atoms with Gasteiger partial charge >= 0.3 is 32.8 Å². The Bertz CT molecular complexity index is 2130. The molecule has 0 spiro atoms. The lowest BCUT2D eigenvalue weighted by atomic mass is 10.0. The molecular weight excluding hydrogens is 1220 g/mol. The number of ether oxygens (including phenoxy) is 12. The highest BCUT2D eigenvalue weighted by atomic mass is 32.2. The zero-order chi connectivity index (χ0) is 66.8. The van der Waals surface area contributed by atoms with Gasteiger partial charge in [0.05, 0.1) is 81.4 Å². The quantitative estimate of drug-likeness (QED) is 0.0429. The number of carbonyl (C=O) groups is 3. The van der Waals surface area contributed by atoms with Gasteiger partial charge in [0.2, 0.25) is 5.91 Å². The highest BCUT2D eigenvalue weighted by Gasteiger charge is 2.46. The summed E-state index contributed by atoms with van der Waals surface area (Å²) in [5.41, 5.74) is 9.60. The highest BCUT2D eigenvalue weighted by Crippen LogP contribution is 2.27. The monoisotopic (exact) mass is 1320 g/mol. The van der Waals surface area contributed by atoms with Crippen LogP contribution in [0.2, 0.25) is 0 Å². The minimum absolute atomic E-state index is 0.0715. The molecular formula is C49H97N5O31S2. The molecule has 516 valence electrons. The zero-order valence-electron chi connectivity index (χ0n) is 51.1. The molecule has 5 aliphatic heterocycles. The van der Waals surface area contributed by atoms with Crippen LogP contribution < -0.4 is 26.2 Å². The van der Waals surface area contributed by atoms with Gasteiger partial charge in [-0.2, -0.15) is 26.3 Å². The normalized spacial score (nSPS) is 33.5. The van der Waals surface area contributed by atoms with E-state index in [0.29, 0.717) is 6.54 Å². The summed E-state index contributed by atoms with van der Waals surface area (Å²) >= 11 is 0. The summed E-state index contributed by atoms with van der Waals surface area (Å²) in [5.74, 6) is -0.157. The highest BCUT2D eigenvalue weighted by molar-refractivity contribution is 7.84. The SMILES string of the molecule is CC(=O)NC[C@@H]1C[C@@H](O)[C@@H](O)[C@H](OC(C)C)O1.CC(C)O[C@@H]1O[C@H](COC(N)=O)C[C@@H](O)[C@H]1O.CC(C)O[C@@H]1O[C@H](COC(N)=O)[C@@H](O)[C@H]1O.COS(=O)(=O)NC[C@@H]1C[C@@H](O)[C@@H](O)[C@H](OC(C)C)O1.COS(=O)(=O)NC[C@H]1O[C@@H](OC(C)C)[C@H](O)[C@@H]1O. The lowest BCUT2D eigenvalue weighted by Crippen LogP contribution is -2.52. The van der Waals surface area contributed by atoms with Crippen molar-refractivity contribution in [3.8, 4) is 0 Å². The van der Waals surface area contributed by atoms with Crippen molar-refractivity contribution in [1.29, 1.82) is 0 Å². The molecule has 20 atom stereocenters. The van der Waals surface area contributed by atoms with E-state index >= 15 is 0 Å². The van der Waals surface area contributed by atoms with E-state index in [1.807, 2.05) is 13.8 Å². The zero-order valence-corrected chi connectivity index (χ0v) is 52.7. The number of hydrogen-bond acceptors (Lipinski definition) is 31. The fourth-order valence-electron chi connectivity index (χ4n) is 7.85. The number of aliphatic hydroxyl groups is 10. The van der Waals surface area contributed by atoms with E-state index in [1.165, 1.54) is 6.92 Å². The minimum Gasteiger partial charge on any atom is -0.447 e. The number of amides is 3. The number of primary amides is 2. The fourth-order valence-corrected chi connectivity index (χ4v) is 8.85. The number of nitrogens with one attached hydrogen (secondary N) is 3. The molecule has 0 aromatic carbocycles. The molecule has 17 N–H and O–H groups in total. The topological polar surface area (TPSA) is 539 Å². The molecule has 0 aromatic rings. The molecule has 36 nitrogen and oxygen atoms in total. The van der Waals surface area contributed by atoms with Crippen molar-refractivity contribution >= 4 is 38.7 Å². The van der Waals surface area contributed by atoms with Gasteiger partial charge in [-0.3, -0.25) is 13.2 Å². The number of hydrogen-bond donors (Lipinski definition) is 15. The van der Waals surface area contributed by atoms with Gasteiger partial charge in [-0.25, -0.2) is 9.59 Å². The second-order valence-corrected chi connectivity index (χ2v) is 24.4. The Labute approximate surface area is 507 Å². The van der Waals surface area contributed by atoms with Gasteiger partial charge in [0.25, 0.3) is 0 Å². The van der Waals surface area contributed by atoms with Gasteiger partial charge in [-0.15, -0.1) is 0 Å². The van der Waals surface area contributed by atoms with Crippen LogP contribution in [0.3, 0.4) is 0 Å². The maximum Gasteiger partial charge on any atom is 0.404 e. The molecule has 38 heteroatoms. The van der Waals surface area contributed by atoms with Crippen LogP contribution in [0.4, 0.5) is 9.59 Å². The van der Waals surface area contributed by atoms with Gasteiger partial charge in [-0.05, 0) is 69.2 Å². The first-order valence-electron chi connectivity index (χ1n) is 27.8. The maximum absolute atomic E-state index is 11.1. The van der Waals surface area contributed by atoms with Crippen molar-refractivity contribution in [2.45, 2.75) is 249 Å². The van der Waals surface area contributed by atoms with Crippen LogP contribution in [-0.4, -0.2) is 287 Å². The number of carbonyl (C=O) groups excluding carboxylic acids is 3. The van der Waals surface area contributed by atoms with E-state index in [2.05, 4.69) is 32.6 Å². The summed E-state index contributed by atoms with van der Waals surface area (Å²) in [6.45, 7) is 18.9. The second kappa shape index (κ2) is 40.0. The molecule has 5 heterocycles. The third-order valence-electron chi connectivity index (χ3n) is 11.9. The molecule has 0 bridgehead atoms. The van der Waals surface area contributed by atoms with Gasteiger partial charge < -0.3 is 125 Å². The summed E-state index contributed by atoms with van der Waals surface area (Å²) in [6, 6.07) is 0. The molecule has 3 amide bonds. The molecule has 0 saturated carbocycles. The van der Waals surface area contributed by atoms with Gasteiger partial charge in [0.1, 0.15) is 68.1 Å². The average Bonchev–Trinajstić information content (AvgIpc) is 3.03. The van der Waals surface area contributed by atoms with Crippen molar-refractivity contribution in [2.75, 3.05) is 47.1 Å². The van der Waals surface area contributed by atoms with Crippen LogP contribution in [0.5, 0.6) is 0 Å². The first-order chi connectivity index (χ1) is 40.2. The van der Waals surface area contributed by atoms with E-state index < -0.39 is 150 Å². The molecule has 5 saturated heterocycles. The minimum atomic E-state index is -3.85. The van der Waals surface area contributed by atoms with Gasteiger partial charge in [-0.1, -0.05) is 0 Å². The van der Waals surface area contributed by atoms with Crippen molar-refractivity contribution < 1.29 is 147 Å². The first kappa shape index (κ1) is 82.0. The van der Waals surface area contributed by atoms with Crippen LogP contribution in [-0.2, 0) is 90.6 Å². The molecule has 87 heavy (non-hydrogen) atoms. The van der Waals surface area contributed by atoms with E-state index in [4.69, 9.17) is 58.8 Å². The van der Waals surface area contributed by atoms with Crippen LogP contribution in [0.1, 0.15) is 95.4 Å². The Morgan fingerprint density at radius 3 is 1.08 bits per heavy atom. The van der Waals surface area contributed by atoms with Gasteiger partial charge in [0.15, 0.2) is 31.5 Å². The van der Waals surface area contributed by atoms with Crippen molar-refractivity contribution in [3.05, 3.63) is 0 Å². The fraction of sp³-hybridized carbons (Fsp3) is 0.939. The molecule has 0 aromatic heterocycles. The third kappa shape index (κ3) is 32.2. The predicted molar refractivity (Wildman–Crippen MR) is 296 cm³/mol. The lowest BCUT2D eigenvalue weighted by molar-refractivity contribution is -0.280. The van der Waals surface area contributed by atoms with Crippen molar-refractivity contribution in [3.63, 3.8) is 0 Å². The molecule has 0 unspecified atom stereocenters. The lowest BCUT2D eigenvalue weighted by Gasteiger charge is -2.37. The van der Waals surface area contributed by atoms with Crippen LogP contribution >= 0.6 is 0 Å². The van der Waals surface area contributed by atoms with E-state index in [1.54, 1.807) is 55.4 Å². The Morgan fingerprint density at radius 2 is 0.736 bits per heavy atom. The Hall–Kier alpha value is -3.05. The molecule has 0 radical (unpaired) electrons. The summed E-state index contributed by atoms with van der Waals surface area (Å²) in [6.07, 6.45) is -21.0. The van der Waals surface area contributed by atoms with Crippen molar-refractivity contribution in [1.82, 2.24) is 14.8 Å². The largest absolute Gasteiger partial charge is 0.447 e. The van der Waals surface area contributed by atoms with E-state index in [0.717, 1.165) is 14.2 Å². The first-order valence-corrected chi connectivity index (χ1v) is 30.6. The Balaban J connectivity index is 0.000000544.